The van der Waals surface area contributed by atoms with Crippen LogP contribution in [0.25, 0.3) is 6.08 Å². The van der Waals surface area contributed by atoms with Gasteiger partial charge < -0.3 is 5.73 Å². The molecule has 0 spiro atoms. The van der Waals surface area contributed by atoms with Crippen molar-refractivity contribution in [3.63, 3.8) is 0 Å². The minimum atomic E-state index is -4.25. The number of alkyl halides is 3. The first-order valence-electron chi connectivity index (χ1n) is 4.66. The van der Waals surface area contributed by atoms with E-state index in [-0.39, 0.29) is 22.7 Å². The fourth-order valence-electron chi connectivity index (χ4n) is 1.08. The Morgan fingerprint density at radius 1 is 1.38 bits per heavy atom. The van der Waals surface area contributed by atoms with Gasteiger partial charge >= 0.3 is 5.51 Å². The molecule has 0 aliphatic carbocycles. The van der Waals surface area contributed by atoms with Crippen molar-refractivity contribution in [2.24, 2.45) is 5.73 Å². The third kappa shape index (κ3) is 5.23. The molecule has 1 nitrogen and oxygen atoms in total. The Bertz CT molecular complexity index is 372. The summed E-state index contributed by atoms with van der Waals surface area (Å²) in [6.45, 7) is 1.80. The van der Waals surface area contributed by atoms with Crippen LogP contribution < -0.4 is 5.73 Å². The molecule has 0 fully saturated rings. The standard InChI is InChI=1S/C11H12F3NS/c1-8(15)5-6-9-3-2-4-10(7-9)16-11(12,13)14/h2-8H,15H2,1H3/b6-5+. The second-order valence-corrected chi connectivity index (χ2v) is 4.48. The van der Waals surface area contributed by atoms with Crippen molar-refractivity contribution >= 4 is 17.8 Å². The molecule has 5 heteroatoms. The molecule has 0 saturated carbocycles. The number of rotatable bonds is 3. The van der Waals surface area contributed by atoms with E-state index in [0.29, 0.717) is 5.56 Å². The molecule has 0 amide bonds. The van der Waals surface area contributed by atoms with Gasteiger partial charge in [0.2, 0.25) is 0 Å². The monoisotopic (exact) mass is 247 g/mol. The maximum atomic E-state index is 12.1. The molecule has 0 heterocycles. The highest BCUT2D eigenvalue weighted by Gasteiger charge is 2.29. The third-order valence-corrected chi connectivity index (χ3v) is 2.40. The van der Waals surface area contributed by atoms with Crippen LogP contribution in [0.3, 0.4) is 0 Å². The topological polar surface area (TPSA) is 26.0 Å². The molecular weight excluding hydrogens is 235 g/mol. The van der Waals surface area contributed by atoms with Crippen LogP contribution in [-0.4, -0.2) is 11.6 Å². The van der Waals surface area contributed by atoms with Crippen molar-refractivity contribution in [1.29, 1.82) is 0 Å². The molecule has 1 aromatic carbocycles. The van der Waals surface area contributed by atoms with Crippen molar-refractivity contribution in [2.75, 3.05) is 0 Å². The van der Waals surface area contributed by atoms with Crippen LogP contribution in [0, 0.1) is 0 Å². The van der Waals surface area contributed by atoms with E-state index < -0.39 is 5.51 Å². The summed E-state index contributed by atoms with van der Waals surface area (Å²) < 4.78 is 36.3. The molecule has 1 rings (SSSR count). The van der Waals surface area contributed by atoms with Gasteiger partial charge in [0.15, 0.2) is 0 Å². The smallest absolute Gasteiger partial charge is 0.325 e. The van der Waals surface area contributed by atoms with Crippen LogP contribution in [-0.2, 0) is 0 Å². The van der Waals surface area contributed by atoms with Gasteiger partial charge in [-0.05, 0) is 36.4 Å². The number of benzene rings is 1. The number of nitrogens with two attached hydrogens (primary N) is 1. The van der Waals surface area contributed by atoms with Gasteiger partial charge in [0, 0.05) is 10.9 Å². The fourth-order valence-corrected chi connectivity index (χ4v) is 1.69. The lowest BCUT2D eigenvalue weighted by Gasteiger charge is -2.05. The zero-order chi connectivity index (χ0) is 12.2. The van der Waals surface area contributed by atoms with Crippen LogP contribution in [0.5, 0.6) is 0 Å². The number of halogens is 3. The van der Waals surface area contributed by atoms with E-state index in [1.54, 1.807) is 31.2 Å². The first kappa shape index (κ1) is 13.1. The van der Waals surface area contributed by atoms with Crippen LogP contribution in [0.2, 0.25) is 0 Å². The lowest BCUT2D eigenvalue weighted by atomic mass is 10.2. The fraction of sp³-hybridized carbons (Fsp3) is 0.273. The van der Waals surface area contributed by atoms with Gasteiger partial charge in [-0.15, -0.1) is 0 Å². The van der Waals surface area contributed by atoms with Gasteiger partial charge in [-0.1, -0.05) is 24.3 Å². The van der Waals surface area contributed by atoms with Crippen LogP contribution in [0.15, 0.2) is 35.2 Å². The highest BCUT2D eigenvalue weighted by atomic mass is 32.2. The summed E-state index contributed by atoms with van der Waals surface area (Å²) in [5.74, 6) is 0. The molecular formula is C11H12F3NS. The molecule has 2 N–H and O–H groups in total. The molecule has 88 valence electrons. The lowest BCUT2D eigenvalue weighted by molar-refractivity contribution is -0.0328. The van der Waals surface area contributed by atoms with Gasteiger partial charge in [0.25, 0.3) is 0 Å². The molecule has 16 heavy (non-hydrogen) atoms. The average molecular weight is 247 g/mol. The van der Waals surface area contributed by atoms with E-state index in [4.69, 9.17) is 5.73 Å². The zero-order valence-electron chi connectivity index (χ0n) is 8.66. The second kappa shape index (κ2) is 5.41. The molecule has 1 unspecified atom stereocenters. The SMILES string of the molecule is CC(N)/C=C/c1cccc(SC(F)(F)F)c1. The van der Waals surface area contributed by atoms with Gasteiger partial charge in [0.05, 0.1) is 0 Å². The summed E-state index contributed by atoms with van der Waals surface area (Å²) in [5, 5.41) is 0. The Morgan fingerprint density at radius 2 is 2.06 bits per heavy atom. The molecule has 0 aliphatic heterocycles. The summed E-state index contributed by atoms with van der Waals surface area (Å²) in [6.07, 6.45) is 3.45. The predicted molar refractivity (Wildman–Crippen MR) is 61.0 cm³/mol. The Labute approximate surface area is 96.5 Å². The first-order valence-corrected chi connectivity index (χ1v) is 5.48. The largest absolute Gasteiger partial charge is 0.446 e. The second-order valence-electron chi connectivity index (χ2n) is 3.34. The summed E-state index contributed by atoms with van der Waals surface area (Å²) in [5.41, 5.74) is 1.98. The molecule has 0 saturated heterocycles. The van der Waals surface area contributed by atoms with E-state index >= 15 is 0 Å². The highest BCUT2D eigenvalue weighted by molar-refractivity contribution is 8.00. The number of hydrogen-bond donors (Lipinski definition) is 1. The van der Waals surface area contributed by atoms with Crippen molar-refractivity contribution in [1.82, 2.24) is 0 Å². The van der Waals surface area contributed by atoms with Crippen LogP contribution in [0.1, 0.15) is 12.5 Å². The Kier molecular flexibility index (Phi) is 4.44. The quantitative estimate of drug-likeness (QED) is 0.825. The molecule has 0 bridgehead atoms. The average Bonchev–Trinajstić information content (AvgIpc) is 2.12. The minimum Gasteiger partial charge on any atom is -0.325 e. The summed E-state index contributed by atoms with van der Waals surface area (Å²) in [4.78, 5) is 0.180. The summed E-state index contributed by atoms with van der Waals surface area (Å²) in [7, 11) is 0. The lowest BCUT2D eigenvalue weighted by Crippen LogP contribution is -2.09. The highest BCUT2D eigenvalue weighted by Crippen LogP contribution is 2.36. The predicted octanol–water partition coefficient (Wildman–Crippen LogP) is 3.66. The number of thioether (sulfide) groups is 1. The molecule has 0 radical (unpaired) electrons. The van der Waals surface area contributed by atoms with E-state index in [1.807, 2.05) is 0 Å². The van der Waals surface area contributed by atoms with Gasteiger partial charge in [-0.2, -0.15) is 13.2 Å². The molecule has 0 aromatic heterocycles. The maximum absolute atomic E-state index is 12.1. The molecule has 0 aliphatic rings. The Hall–Kier alpha value is -0.940. The summed E-state index contributed by atoms with van der Waals surface area (Å²) >= 11 is -0.116. The Balaban J connectivity index is 2.79. The normalized spacial score (nSPS) is 14.3. The van der Waals surface area contributed by atoms with E-state index in [0.717, 1.165) is 0 Å². The van der Waals surface area contributed by atoms with E-state index in [9.17, 15) is 13.2 Å². The molecule has 1 aromatic rings. The first-order chi connectivity index (χ1) is 7.37. The Morgan fingerprint density at radius 3 is 2.62 bits per heavy atom. The van der Waals surface area contributed by atoms with Crippen LogP contribution in [0.4, 0.5) is 13.2 Å². The van der Waals surface area contributed by atoms with Gasteiger partial charge in [-0.3, -0.25) is 0 Å². The summed E-state index contributed by atoms with van der Waals surface area (Å²) in [6, 6.07) is 6.13. The van der Waals surface area contributed by atoms with Crippen molar-refractivity contribution in [3.8, 4) is 0 Å². The van der Waals surface area contributed by atoms with Crippen molar-refractivity contribution < 1.29 is 13.2 Å². The molecule has 1 atom stereocenters. The van der Waals surface area contributed by atoms with E-state index in [1.165, 1.54) is 12.1 Å². The van der Waals surface area contributed by atoms with Crippen molar-refractivity contribution in [2.45, 2.75) is 23.4 Å². The van der Waals surface area contributed by atoms with Gasteiger partial charge in [-0.25, -0.2) is 0 Å². The van der Waals surface area contributed by atoms with Gasteiger partial charge in [0.1, 0.15) is 0 Å². The number of hydrogen-bond acceptors (Lipinski definition) is 2. The van der Waals surface area contributed by atoms with E-state index in [2.05, 4.69) is 0 Å². The maximum Gasteiger partial charge on any atom is 0.446 e. The van der Waals surface area contributed by atoms with Crippen LogP contribution >= 0.6 is 11.8 Å². The minimum absolute atomic E-state index is 0.112. The van der Waals surface area contributed by atoms with Crippen molar-refractivity contribution in [3.05, 3.63) is 35.9 Å². The zero-order valence-corrected chi connectivity index (χ0v) is 9.48. The third-order valence-electron chi connectivity index (χ3n) is 1.68.